The van der Waals surface area contributed by atoms with E-state index in [1.54, 1.807) is 6.92 Å². The number of ether oxygens (including phenoxy) is 2. The number of ketones is 1. The lowest BCUT2D eigenvalue weighted by Crippen LogP contribution is -2.20. The van der Waals surface area contributed by atoms with Gasteiger partial charge in [0.2, 0.25) is 10.0 Å². The number of sulfonamides is 1. The molecule has 0 spiro atoms. The highest BCUT2D eigenvalue weighted by Gasteiger charge is 2.31. The maximum Gasteiger partial charge on any atom is 0.508 e. The number of carbonyl (C=O) groups excluding carboxylic acids is 1. The largest absolute Gasteiger partial charge is 0.508 e. The van der Waals surface area contributed by atoms with Gasteiger partial charge in [0, 0.05) is 16.7 Å². The van der Waals surface area contributed by atoms with Gasteiger partial charge in [-0.1, -0.05) is 23.2 Å². The number of halogens is 2. The van der Waals surface area contributed by atoms with Gasteiger partial charge < -0.3 is 14.6 Å². The van der Waals surface area contributed by atoms with E-state index in [9.17, 15) is 18.0 Å². The Balaban J connectivity index is 2.03. The molecule has 1 unspecified atom stereocenters. The third-order valence-corrected chi connectivity index (χ3v) is 6.00. The van der Waals surface area contributed by atoms with Gasteiger partial charge in [-0.2, -0.15) is 0 Å². The van der Waals surface area contributed by atoms with E-state index in [1.807, 2.05) is 0 Å². The molecule has 11 heteroatoms. The second kappa shape index (κ2) is 7.25. The SMILES string of the molecule is Cc1c(C(=O)c2ccc(Cl)c(S(N)(=O)=O)c2)cc2c(c1Cl)OC(OC(=O)O)C2. The number of fused-ring (bicyclic) bond motifs is 1. The lowest BCUT2D eigenvalue weighted by molar-refractivity contribution is -0.0393. The van der Waals surface area contributed by atoms with Crippen LogP contribution in [0.5, 0.6) is 5.75 Å². The molecular formula is C17H13Cl2NO7S. The number of rotatable bonds is 4. The monoisotopic (exact) mass is 445 g/mol. The summed E-state index contributed by atoms with van der Waals surface area (Å²) < 4.78 is 33.3. The maximum absolute atomic E-state index is 13.0. The van der Waals surface area contributed by atoms with E-state index >= 15 is 0 Å². The van der Waals surface area contributed by atoms with E-state index in [1.165, 1.54) is 18.2 Å². The highest BCUT2D eigenvalue weighted by Crippen LogP contribution is 2.40. The molecule has 1 aliphatic heterocycles. The average molecular weight is 446 g/mol. The quantitative estimate of drug-likeness (QED) is 0.545. The van der Waals surface area contributed by atoms with Crippen molar-refractivity contribution >= 4 is 45.2 Å². The van der Waals surface area contributed by atoms with Crippen molar-refractivity contribution in [2.75, 3.05) is 0 Å². The number of hydrogen-bond acceptors (Lipinski definition) is 6. The molecule has 0 aromatic heterocycles. The number of benzene rings is 2. The molecule has 2 aromatic carbocycles. The van der Waals surface area contributed by atoms with E-state index < -0.39 is 28.3 Å². The molecule has 1 atom stereocenters. The molecule has 0 aliphatic carbocycles. The Bertz CT molecular complexity index is 1110. The minimum absolute atomic E-state index is 0.0461. The molecule has 1 heterocycles. The molecule has 1 aliphatic rings. The molecule has 2 aromatic rings. The predicted molar refractivity (Wildman–Crippen MR) is 99.7 cm³/mol. The molecular weight excluding hydrogens is 433 g/mol. The standard InChI is InChI=1S/C17H13Cl2NO7S/c1-7-10(4-9-6-13(27-17(22)23)26-16(9)14(7)19)15(21)8-2-3-11(18)12(5-8)28(20,24)25/h2-5,13H,6H2,1H3,(H,22,23)(H2,20,24,25). The lowest BCUT2D eigenvalue weighted by Gasteiger charge is -2.12. The molecule has 148 valence electrons. The van der Waals surface area contributed by atoms with Gasteiger partial charge in [-0.15, -0.1) is 0 Å². The van der Waals surface area contributed by atoms with E-state index in [0.29, 0.717) is 11.1 Å². The Morgan fingerprint density at radius 1 is 1.29 bits per heavy atom. The van der Waals surface area contributed by atoms with Gasteiger partial charge in [0.05, 0.1) is 16.5 Å². The van der Waals surface area contributed by atoms with Gasteiger partial charge in [0.25, 0.3) is 6.29 Å². The van der Waals surface area contributed by atoms with Crippen LogP contribution in [-0.4, -0.2) is 31.8 Å². The van der Waals surface area contributed by atoms with Gasteiger partial charge in [0.1, 0.15) is 10.6 Å². The molecule has 8 nitrogen and oxygen atoms in total. The first kappa shape index (κ1) is 20.4. The van der Waals surface area contributed by atoms with Crippen molar-refractivity contribution in [3.05, 3.63) is 56.6 Å². The van der Waals surface area contributed by atoms with Crippen molar-refractivity contribution in [1.82, 2.24) is 0 Å². The second-order valence-electron chi connectivity index (χ2n) is 6.01. The van der Waals surface area contributed by atoms with Crippen LogP contribution in [0.25, 0.3) is 0 Å². The van der Waals surface area contributed by atoms with Gasteiger partial charge in [0.15, 0.2) is 5.78 Å². The number of nitrogens with two attached hydrogens (primary N) is 1. The highest BCUT2D eigenvalue weighted by atomic mass is 35.5. The summed E-state index contributed by atoms with van der Waals surface area (Å²) in [4.78, 5) is 23.3. The Morgan fingerprint density at radius 3 is 2.57 bits per heavy atom. The minimum atomic E-state index is -4.12. The fourth-order valence-corrected chi connectivity index (χ4v) is 4.18. The van der Waals surface area contributed by atoms with Crippen molar-refractivity contribution in [1.29, 1.82) is 0 Å². The summed E-state index contributed by atoms with van der Waals surface area (Å²) in [6.07, 6.45) is -2.50. The third-order valence-electron chi connectivity index (χ3n) is 4.16. The summed E-state index contributed by atoms with van der Waals surface area (Å²) in [5.74, 6) is -0.269. The van der Waals surface area contributed by atoms with Crippen molar-refractivity contribution < 1.29 is 32.6 Å². The predicted octanol–water partition coefficient (Wildman–Crippen LogP) is 3.14. The molecule has 3 rings (SSSR count). The van der Waals surface area contributed by atoms with Gasteiger partial charge >= 0.3 is 6.16 Å². The zero-order chi connectivity index (χ0) is 20.8. The van der Waals surface area contributed by atoms with Crippen LogP contribution >= 0.6 is 23.2 Å². The smallest absolute Gasteiger partial charge is 0.452 e. The van der Waals surface area contributed by atoms with Crippen LogP contribution in [0.1, 0.15) is 27.0 Å². The second-order valence-corrected chi connectivity index (χ2v) is 8.32. The van der Waals surface area contributed by atoms with Crippen LogP contribution < -0.4 is 9.88 Å². The van der Waals surface area contributed by atoms with Crippen molar-refractivity contribution in [3.63, 3.8) is 0 Å². The molecule has 0 amide bonds. The number of carboxylic acid groups (broad SMARTS) is 1. The first-order chi connectivity index (χ1) is 13.0. The first-order valence-corrected chi connectivity index (χ1v) is 10.0. The normalized spacial score (nSPS) is 15.6. The zero-order valence-corrected chi connectivity index (χ0v) is 16.6. The molecule has 0 fully saturated rings. The fourth-order valence-electron chi connectivity index (χ4n) is 2.84. The third kappa shape index (κ3) is 3.79. The van der Waals surface area contributed by atoms with Crippen LogP contribution in [0.2, 0.25) is 10.0 Å². The number of hydrogen-bond donors (Lipinski definition) is 2. The van der Waals surface area contributed by atoms with Gasteiger partial charge in [-0.25, -0.2) is 18.4 Å². The van der Waals surface area contributed by atoms with Crippen LogP contribution in [0.3, 0.4) is 0 Å². The summed E-state index contributed by atoms with van der Waals surface area (Å²) >= 11 is 12.1. The van der Waals surface area contributed by atoms with Crippen LogP contribution in [0.4, 0.5) is 4.79 Å². The van der Waals surface area contributed by atoms with E-state index in [0.717, 1.165) is 6.07 Å². The topological polar surface area (TPSA) is 133 Å². The summed E-state index contributed by atoms with van der Waals surface area (Å²) in [6, 6.07) is 5.23. The van der Waals surface area contributed by atoms with E-state index in [-0.39, 0.29) is 38.2 Å². The Kier molecular flexibility index (Phi) is 5.28. The van der Waals surface area contributed by atoms with Gasteiger partial charge in [-0.3, -0.25) is 4.79 Å². The molecule has 3 N–H and O–H groups in total. The highest BCUT2D eigenvalue weighted by molar-refractivity contribution is 7.89. The summed E-state index contributed by atoms with van der Waals surface area (Å²) in [6.45, 7) is 1.58. The Hall–Kier alpha value is -2.33. The number of primary sulfonamides is 1. The zero-order valence-electron chi connectivity index (χ0n) is 14.2. The summed E-state index contributed by atoms with van der Waals surface area (Å²) in [5.41, 5.74) is 1.12. The summed E-state index contributed by atoms with van der Waals surface area (Å²) in [7, 11) is -4.12. The average Bonchev–Trinajstić information content (AvgIpc) is 2.98. The number of carbonyl (C=O) groups is 2. The van der Waals surface area contributed by atoms with Crippen molar-refractivity contribution in [3.8, 4) is 5.75 Å². The van der Waals surface area contributed by atoms with Gasteiger partial charge in [-0.05, 0) is 36.8 Å². The van der Waals surface area contributed by atoms with E-state index in [2.05, 4.69) is 4.74 Å². The maximum atomic E-state index is 13.0. The Morgan fingerprint density at radius 2 is 1.96 bits per heavy atom. The minimum Gasteiger partial charge on any atom is -0.452 e. The first-order valence-electron chi connectivity index (χ1n) is 7.74. The summed E-state index contributed by atoms with van der Waals surface area (Å²) in [5, 5.41) is 13.9. The molecule has 0 radical (unpaired) electrons. The lowest BCUT2D eigenvalue weighted by atomic mass is 9.96. The van der Waals surface area contributed by atoms with Crippen molar-refractivity contribution in [2.24, 2.45) is 5.14 Å². The van der Waals surface area contributed by atoms with Crippen LogP contribution in [0.15, 0.2) is 29.2 Å². The molecule has 0 saturated carbocycles. The van der Waals surface area contributed by atoms with Crippen LogP contribution in [0, 0.1) is 6.92 Å². The van der Waals surface area contributed by atoms with Crippen molar-refractivity contribution in [2.45, 2.75) is 24.5 Å². The molecule has 0 saturated heterocycles. The van der Waals surface area contributed by atoms with Crippen LogP contribution in [-0.2, 0) is 21.2 Å². The Labute approximate surface area is 169 Å². The fraction of sp³-hybridized carbons (Fsp3) is 0.176. The van der Waals surface area contributed by atoms with E-state index in [4.69, 9.17) is 38.2 Å². The molecule has 0 bridgehead atoms. The molecule has 28 heavy (non-hydrogen) atoms.